The van der Waals surface area contributed by atoms with Crippen molar-refractivity contribution in [1.82, 2.24) is 19.5 Å². The number of anilines is 1. The van der Waals surface area contributed by atoms with Crippen molar-refractivity contribution >= 4 is 47.2 Å². The SMILES string of the molecule is CC(=O)OC1COC(n2cnc3c(=S)nc(N)[nH]c32)C(OC(C)=O)C1OC(C)=O. The fourth-order valence-electron chi connectivity index (χ4n) is 3.11. The molecule has 0 radical (unpaired) electrons. The molecule has 3 rings (SSSR count). The molecule has 1 fully saturated rings. The van der Waals surface area contributed by atoms with Gasteiger partial charge in [0.2, 0.25) is 0 Å². The van der Waals surface area contributed by atoms with Crippen LogP contribution in [0.4, 0.5) is 5.95 Å². The van der Waals surface area contributed by atoms with Gasteiger partial charge < -0.3 is 29.7 Å². The average Bonchev–Trinajstić information content (AvgIpc) is 3.00. The van der Waals surface area contributed by atoms with E-state index in [9.17, 15) is 14.4 Å². The maximum atomic E-state index is 11.8. The van der Waals surface area contributed by atoms with Crippen molar-refractivity contribution in [3.05, 3.63) is 11.0 Å². The van der Waals surface area contributed by atoms with Gasteiger partial charge >= 0.3 is 17.9 Å². The van der Waals surface area contributed by atoms with Crippen LogP contribution in [-0.4, -0.2) is 62.3 Å². The predicted molar refractivity (Wildman–Crippen MR) is 98.8 cm³/mol. The molecule has 4 atom stereocenters. The van der Waals surface area contributed by atoms with Crippen LogP contribution in [0, 0.1) is 4.64 Å². The molecule has 1 aliphatic rings. The zero-order chi connectivity index (χ0) is 21.3. The van der Waals surface area contributed by atoms with Crippen LogP contribution in [0.3, 0.4) is 0 Å². The van der Waals surface area contributed by atoms with E-state index >= 15 is 0 Å². The van der Waals surface area contributed by atoms with Crippen molar-refractivity contribution in [2.24, 2.45) is 0 Å². The van der Waals surface area contributed by atoms with Gasteiger partial charge in [-0.1, -0.05) is 12.2 Å². The number of fused-ring (bicyclic) bond motifs is 1. The van der Waals surface area contributed by atoms with E-state index in [4.69, 9.17) is 36.9 Å². The molecule has 0 saturated carbocycles. The Bertz CT molecular complexity index is 1020. The molecule has 12 nitrogen and oxygen atoms in total. The molecule has 1 aliphatic heterocycles. The number of nitrogens with zero attached hydrogens (tertiary/aromatic N) is 3. The lowest BCUT2D eigenvalue weighted by Gasteiger charge is -2.40. The summed E-state index contributed by atoms with van der Waals surface area (Å²) < 4.78 is 23.4. The molecule has 29 heavy (non-hydrogen) atoms. The van der Waals surface area contributed by atoms with Crippen molar-refractivity contribution in [1.29, 1.82) is 0 Å². The number of hydrogen-bond acceptors (Lipinski definition) is 11. The van der Waals surface area contributed by atoms with Gasteiger partial charge in [0.1, 0.15) is 11.2 Å². The van der Waals surface area contributed by atoms with Crippen LogP contribution in [0.2, 0.25) is 0 Å². The first-order chi connectivity index (χ1) is 13.7. The minimum absolute atomic E-state index is 0.0541. The van der Waals surface area contributed by atoms with Crippen molar-refractivity contribution in [2.45, 2.75) is 45.3 Å². The van der Waals surface area contributed by atoms with E-state index in [-0.39, 0.29) is 17.2 Å². The second-order valence-electron chi connectivity index (χ2n) is 6.30. The third kappa shape index (κ3) is 4.35. The zero-order valence-corrected chi connectivity index (χ0v) is 16.6. The number of H-pyrrole nitrogens is 1. The molecular weight excluding hydrogens is 406 g/mol. The highest BCUT2D eigenvalue weighted by molar-refractivity contribution is 7.71. The summed E-state index contributed by atoms with van der Waals surface area (Å²) in [6, 6.07) is 0. The maximum Gasteiger partial charge on any atom is 0.303 e. The lowest BCUT2D eigenvalue weighted by Crippen LogP contribution is -2.55. The number of esters is 3. The number of nitrogens with one attached hydrogen (secondary N) is 1. The molecule has 0 amide bonds. The second-order valence-corrected chi connectivity index (χ2v) is 6.68. The molecule has 1 saturated heterocycles. The minimum atomic E-state index is -1.15. The number of ether oxygens (including phenoxy) is 4. The number of nitrogens with two attached hydrogens (primary N) is 1. The van der Waals surface area contributed by atoms with Gasteiger partial charge in [-0.15, -0.1) is 0 Å². The Labute approximate surface area is 169 Å². The van der Waals surface area contributed by atoms with Crippen LogP contribution in [0.25, 0.3) is 11.2 Å². The van der Waals surface area contributed by atoms with Gasteiger partial charge in [0.15, 0.2) is 35.1 Å². The van der Waals surface area contributed by atoms with E-state index in [2.05, 4.69) is 15.0 Å². The third-order valence-electron chi connectivity index (χ3n) is 4.06. The Hall–Kier alpha value is -3.06. The second kappa shape index (κ2) is 8.13. The molecular formula is C16H19N5O7S. The molecule has 3 heterocycles. The molecule has 0 aromatic carbocycles. The first-order valence-corrected chi connectivity index (χ1v) is 8.93. The molecule has 0 bridgehead atoms. The number of hydrogen-bond donors (Lipinski definition) is 2. The molecule has 2 aromatic heterocycles. The Morgan fingerprint density at radius 3 is 2.41 bits per heavy atom. The third-order valence-corrected chi connectivity index (χ3v) is 4.35. The minimum Gasteiger partial charge on any atom is -0.456 e. The largest absolute Gasteiger partial charge is 0.456 e. The molecule has 156 valence electrons. The van der Waals surface area contributed by atoms with Gasteiger partial charge in [-0.25, -0.2) is 9.97 Å². The van der Waals surface area contributed by atoms with Crippen molar-refractivity contribution in [3.63, 3.8) is 0 Å². The van der Waals surface area contributed by atoms with Crippen LogP contribution < -0.4 is 5.73 Å². The Morgan fingerprint density at radius 2 is 1.79 bits per heavy atom. The quantitative estimate of drug-likeness (QED) is 0.396. The lowest BCUT2D eigenvalue weighted by atomic mass is 10.0. The van der Waals surface area contributed by atoms with E-state index in [1.807, 2.05) is 0 Å². The highest BCUT2D eigenvalue weighted by atomic mass is 32.1. The first kappa shape index (κ1) is 20.7. The van der Waals surface area contributed by atoms with E-state index in [0.717, 1.165) is 0 Å². The molecule has 0 aliphatic carbocycles. The fourth-order valence-corrected chi connectivity index (χ4v) is 3.35. The Balaban J connectivity index is 2.07. The zero-order valence-electron chi connectivity index (χ0n) is 15.8. The standard InChI is InChI=1S/C16H19N5O7S/c1-6(22)26-9-4-25-15(12(28-8(3)24)11(9)27-7(2)23)21-5-18-10-13(21)19-16(17)20-14(10)29/h5,9,11-12,15H,4H2,1-3H3,(H3,17,19,20,29). The van der Waals surface area contributed by atoms with Gasteiger partial charge in [0.25, 0.3) is 0 Å². The van der Waals surface area contributed by atoms with Gasteiger partial charge in [-0.2, -0.15) is 0 Å². The van der Waals surface area contributed by atoms with E-state index < -0.39 is 42.4 Å². The monoisotopic (exact) mass is 425 g/mol. The number of carbonyl (C=O) groups is 3. The van der Waals surface area contributed by atoms with Gasteiger partial charge in [0, 0.05) is 20.8 Å². The van der Waals surface area contributed by atoms with Crippen LogP contribution in [0.1, 0.15) is 27.0 Å². The average molecular weight is 425 g/mol. The number of imidazole rings is 1. The molecule has 4 unspecified atom stereocenters. The maximum absolute atomic E-state index is 11.8. The van der Waals surface area contributed by atoms with Crippen LogP contribution in [0.5, 0.6) is 0 Å². The van der Waals surface area contributed by atoms with E-state index in [1.165, 1.54) is 31.7 Å². The summed E-state index contributed by atoms with van der Waals surface area (Å²) in [6.07, 6.45) is -2.82. The molecule has 2 aromatic rings. The van der Waals surface area contributed by atoms with Crippen LogP contribution in [-0.2, 0) is 33.3 Å². The summed E-state index contributed by atoms with van der Waals surface area (Å²) in [4.78, 5) is 45.8. The highest BCUT2D eigenvalue weighted by Crippen LogP contribution is 2.32. The van der Waals surface area contributed by atoms with E-state index in [0.29, 0.717) is 11.2 Å². The number of carbonyl (C=O) groups excluding carboxylic acids is 3. The van der Waals surface area contributed by atoms with Crippen molar-refractivity contribution in [2.75, 3.05) is 12.3 Å². The van der Waals surface area contributed by atoms with Crippen LogP contribution in [0.15, 0.2) is 6.33 Å². The summed E-state index contributed by atoms with van der Waals surface area (Å²) in [5, 5.41) is 0. The Morgan fingerprint density at radius 1 is 1.17 bits per heavy atom. The van der Waals surface area contributed by atoms with Crippen LogP contribution >= 0.6 is 12.2 Å². The topological polar surface area (TPSA) is 161 Å². The van der Waals surface area contributed by atoms with Gasteiger partial charge in [-0.05, 0) is 0 Å². The fraction of sp³-hybridized carbons (Fsp3) is 0.500. The summed E-state index contributed by atoms with van der Waals surface area (Å²) in [7, 11) is 0. The normalized spacial score (nSPS) is 24.1. The summed E-state index contributed by atoms with van der Waals surface area (Å²) >= 11 is 5.16. The van der Waals surface area contributed by atoms with Gasteiger partial charge in [-0.3, -0.25) is 19.0 Å². The van der Waals surface area contributed by atoms with Crippen molar-refractivity contribution < 1.29 is 33.3 Å². The summed E-state index contributed by atoms with van der Waals surface area (Å²) in [5.41, 5.74) is 6.47. The number of rotatable bonds is 4. The number of aromatic amines is 1. The predicted octanol–water partition coefficient (Wildman–Crippen LogP) is 0.395. The number of nitrogen functional groups attached to an aromatic ring is 1. The number of aromatic nitrogens is 4. The lowest BCUT2D eigenvalue weighted by molar-refractivity contribution is -0.239. The molecule has 0 spiro atoms. The smallest absolute Gasteiger partial charge is 0.303 e. The summed E-state index contributed by atoms with van der Waals surface area (Å²) in [5.74, 6) is -1.85. The van der Waals surface area contributed by atoms with Crippen molar-refractivity contribution in [3.8, 4) is 0 Å². The Kier molecular flexibility index (Phi) is 5.79. The molecule has 13 heteroatoms. The summed E-state index contributed by atoms with van der Waals surface area (Å²) in [6.45, 7) is 3.47. The highest BCUT2D eigenvalue weighted by Gasteiger charge is 2.48. The first-order valence-electron chi connectivity index (χ1n) is 8.53. The van der Waals surface area contributed by atoms with Gasteiger partial charge in [0.05, 0.1) is 12.9 Å². The van der Waals surface area contributed by atoms with E-state index in [1.54, 1.807) is 0 Å². The molecule has 3 N–H and O–H groups in total.